The van der Waals surface area contributed by atoms with E-state index in [9.17, 15) is 8.42 Å². The predicted molar refractivity (Wildman–Crippen MR) is 96.8 cm³/mol. The maximum atomic E-state index is 12.1. The molecule has 0 fully saturated rings. The van der Waals surface area contributed by atoms with Crippen LogP contribution in [0.2, 0.25) is 0 Å². The molecule has 0 radical (unpaired) electrons. The molecule has 2 aromatic carbocycles. The number of hydrogen-bond donors (Lipinski definition) is 1. The molecule has 128 valence electrons. The first-order valence-corrected chi connectivity index (χ1v) is 9.08. The van der Waals surface area contributed by atoms with Crippen LogP contribution in [0.3, 0.4) is 0 Å². The number of anilines is 1. The molecule has 7 heteroatoms. The highest BCUT2D eigenvalue weighted by molar-refractivity contribution is 7.89. The molecule has 0 saturated carbocycles. The number of nitrogens with one attached hydrogen (secondary N) is 1. The van der Waals surface area contributed by atoms with Crippen LogP contribution in [-0.4, -0.2) is 28.6 Å². The molecule has 2 aromatic rings. The van der Waals surface area contributed by atoms with Crippen LogP contribution in [0.5, 0.6) is 0 Å². The van der Waals surface area contributed by atoms with Crippen LogP contribution in [0.25, 0.3) is 0 Å². The number of azo groups is 1. The first kappa shape index (κ1) is 18.1. The van der Waals surface area contributed by atoms with Gasteiger partial charge in [0.1, 0.15) is 0 Å². The highest BCUT2D eigenvalue weighted by Crippen LogP contribution is 2.22. The number of hydrogen-bond acceptors (Lipinski definition) is 5. The second-order valence-corrected chi connectivity index (χ2v) is 7.59. The van der Waals surface area contributed by atoms with E-state index in [1.807, 2.05) is 43.3 Å². The van der Waals surface area contributed by atoms with Gasteiger partial charge in [-0.3, -0.25) is 0 Å². The van der Waals surface area contributed by atoms with Gasteiger partial charge in [-0.15, -0.1) is 0 Å². The molecule has 0 aliphatic rings. The smallest absolute Gasteiger partial charge is 0.240 e. The summed E-state index contributed by atoms with van der Waals surface area (Å²) in [6, 6.07) is 13.8. The highest BCUT2D eigenvalue weighted by Gasteiger charge is 2.14. The molecule has 0 saturated heterocycles. The molecule has 0 aliphatic carbocycles. The predicted octanol–water partition coefficient (Wildman–Crippen LogP) is 3.85. The number of benzene rings is 2. The molecule has 0 aliphatic heterocycles. The molecule has 0 unspecified atom stereocenters. The minimum Gasteiger partial charge on any atom is -0.378 e. The Balaban J connectivity index is 2.11. The van der Waals surface area contributed by atoms with Crippen molar-refractivity contribution in [2.45, 2.75) is 24.8 Å². The van der Waals surface area contributed by atoms with Crippen molar-refractivity contribution >= 4 is 27.1 Å². The van der Waals surface area contributed by atoms with E-state index in [1.165, 1.54) is 12.1 Å². The maximum Gasteiger partial charge on any atom is 0.240 e. The zero-order valence-electron chi connectivity index (χ0n) is 14.3. The van der Waals surface area contributed by atoms with E-state index in [2.05, 4.69) is 15.0 Å². The Morgan fingerprint density at radius 1 is 0.875 bits per heavy atom. The van der Waals surface area contributed by atoms with Crippen LogP contribution in [0, 0.1) is 0 Å². The van der Waals surface area contributed by atoms with Crippen molar-refractivity contribution in [3.05, 3.63) is 48.5 Å². The lowest BCUT2D eigenvalue weighted by Crippen LogP contribution is -2.30. The van der Waals surface area contributed by atoms with Gasteiger partial charge in [-0.25, -0.2) is 13.1 Å². The minimum atomic E-state index is -3.48. The normalized spacial score (nSPS) is 12.0. The van der Waals surface area contributed by atoms with E-state index in [-0.39, 0.29) is 10.9 Å². The fraction of sp³-hybridized carbons (Fsp3) is 0.294. The van der Waals surface area contributed by atoms with E-state index >= 15 is 0 Å². The summed E-state index contributed by atoms with van der Waals surface area (Å²) in [4.78, 5) is 2.22. The Kier molecular flexibility index (Phi) is 5.69. The average molecular weight is 346 g/mol. The fourth-order valence-corrected chi connectivity index (χ4v) is 3.25. The standard InChI is InChI=1S/C17H22N4O2S/c1-13(2)20-24(22,23)17-11-7-15(8-12-17)19-18-14-5-9-16(10-6-14)21(3)4/h5-13,20H,1-4H3/b19-18+. The quantitative estimate of drug-likeness (QED) is 0.807. The van der Waals surface area contributed by atoms with E-state index in [0.29, 0.717) is 5.69 Å². The number of nitrogens with zero attached hydrogens (tertiary/aromatic N) is 3. The van der Waals surface area contributed by atoms with Crippen LogP contribution in [0.1, 0.15) is 13.8 Å². The second-order valence-electron chi connectivity index (χ2n) is 5.88. The van der Waals surface area contributed by atoms with Crippen LogP contribution in [-0.2, 0) is 10.0 Å². The zero-order valence-corrected chi connectivity index (χ0v) is 15.1. The molecular formula is C17H22N4O2S. The molecule has 0 atom stereocenters. The Labute approximate surface area is 143 Å². The van der Waals surface area contributed by atoms with Gasteiger partial charge in [0, 0.05) is 25.8 Å². The average Bonchev–Trinajstić information content (AvgIpc) is 2.52. The highest BCUT2D eigenvalue weighted by atomic mass is 32.2. The van der Waals surface area contributed by atoms with Crippen LogP contribution in [0.4, 0.5) is 17.1 Å². The molecule has 2 rings (SSSR count). The van der Waals surface area contributed by atoms with Gasteiger partial charge in [-0.2, -0.15) is 10.2 Å². The van der Waals surface area contributed by atoms with Crippen LogP contribution in [0.15, 0.2) is 63.7 Å². The van der Waals surface area contributed by atoms with Gasteiger partial charge >= 0.3 is 0 Å². The molecule has 0 spiro atoms. The van der Waals surface area contributed by atoms with Crippen molar-refractivity contribution in [3.63, 3.8) is 0 Å². The molecule has 0 bridgehead atoms. The fourth-order valence-electron chi connectivity index (χ4n) is 2.00. The molecule has 0 aromatic heterocycles. The lowest BCUT2D eigenvalue weighted by atomic mass is 10.3. The molecular weight excluding hydrogens is 324 g/mol. The third-order valence-electron chi connectivity index (χ3n) is 3.18. The molecule has 24 heavy (non-hydrogen) atoms. The molecule has 6 nitrogen and oxygen atoms in total. The SMILES string of the molecule is CC(C)NS(=O)(=O)c1ccc(/N=N/c2ccc(N(C)C)cc2)cc1. The van der Waals surface area contributed by atoms with Crippen molar-refractivity contribution in [2.24, 2.45) is 10.2 Å². The summed E-state index contributed by atoms with van der Waals surface area (Å²) in [7, 11) is 0.462. The summed E-state index contributed by atoms with van der Waals surface area (Å²) in [6.07, 6.45) is 0. The van der Waals surface area contributed by atoms with Crippen molar-refractivity contribution < 1.29 is 8.42 Å². The molecule has 0 heterocycles. The van der Waals surface area contributed by atoms with Gasteiger partial charge in [0.2, 0.25) is 10.0 Å². The Hall–Kier alpha value is -2.25. The minimum absolute atomic E-state index is 0.153. The Morgan fingerprint density at radius 3 is 1.75 bits per heavy atom. The largest absolute Gasteiger partial charge is 0.378 e. The third-order valence-corrected chi connectivity index (χ3v) is 4.86. The Morgan fingerprint density at radius 2 is 1.33 bits per heavy atom. The van der Waals surface area contributed by atoms with Gasteiger partial charge in [-0.1, -0.05) is 0 Å². The van der Waals surface area contributed by atoms with Crippen molar-refractivity contribution in [1.82, 2.24) is 4.72 Å². The first-order chi connectivity index (χ1) is 11.3. The summed E-state index contributed by atoms with van der Waals surface area (Å²) >= 11 is 0. The third kappa shape index (κ3) is 4.87. The van der Waals surface area contributed by atoms with E-state index in [0.717, 1.165) is 11.4 Å². The maximum absolute atomic E-state index is 12.1. The van der Waals surface area contributed by atoms with Gasteiger partial charge in [0.25, 0.3) is 0 Å². The van der Waals surface area contributed by atoms with E-state index < -0.39 is 10.0 Å². The molecule has 0 amide bonds. The monoisotopic (exact) mass is 346 g/mol. The summed E-state index contributed by atoms with van der Waals surface area (Å²) in [5, 5.41) is 8.29. The van der Waals surface area contributed by atoms with Crippen LogP contribution < -0.4 is 9.62 Å². The number of rotatable bonds is 6. The summed E-state index contributed by atoms with van der Waals surface area (Å²) in [5.74, 6) is 0. The lowest BCUT2D eigenvalue weighted by Gasteiger charge is -2.11. The zero-order chi connectivity index (χ0) is 17.7. The second kappa shape index (κ2) is 7.55. The van der Waals surface area contributed by atoms with Gasteiger partial charge < -0.3 is 4.90 Å². The van der Waals surface area contributed by atoms with E-state index in [1.54, 1.807) is 26.0 Å². The summed E-state index contributed by atoms with van der Waals surface area (Å²) < 4.78 is 26.6. The van der Waals surface area contributed by atoms with Gasteiger partial charge in [0.15, 0.2) is 0 Å². The first-order valence-electron chi connectivity index (χ1n) is 7.59. The lowest BCUT2D eigenvalue weighted by molar-refractivity contribution is 0.570. The van der Waals surface area contributed by atoms with E-state index in [4.69, 9.17) is 0 Å². The van der Waals surface area contributed by atoms with Crippen molar-refractivity contribution in [1.29, 1.82) is 0 Å². The number of sulfonamides is 1. The van der Waals surface area contributed by atoms with Crippen molar-refractivity contribution in [3.8, 4) is 0 Å². The topological polar surface area (TPSA) is 74.1 Å². The summed E-state index contributed by atoms with van der Waals surface area (Å²) in [5.41, 5.74) is 2.41. The molecule has 1 N–H and O–H groups in total. The van der Waals surface area contributed by atoms with Gasteiger partial charge in [-0.05, 0) is 62.4 Å². The van der Waals surface area contributed by atoms with Crippen molar-refractivity contribution in [2.75, 3.05) is 19.0 Å². The van der Waals surface area contributed by atoms with Crippen LogP contribution >= 0.6 is 0 Å². The Bertz CT molecular complexity index is 795. The van der Waals surface area contributed by atoms with Gasteiger partial charge in [0.05, 0.1) is 16.3 Å². The summed E-state index contributed by atoms with van der Waals surface area (Å²) in [6.45, 7) is 3.56.